The molecule has 0 bridgehead atoms. The highest BCUT2D eigenvalue weighted by Gasteiger charge is 2.28. The smallest absolute Gasteiger partial charge is 0.348 e. The number of ether oxygens (including phenoxy) is 1. The lowest BCUT2D eigenvalue weighted by molar-refractivity contribution is 0.414. The Labute approximate surface area is 144 Å². The second-order valence-corrected chi connectivity index (χ2v) is 6.59. The molecule has 5 heteroatoms. The van der Waals surface area contributed by atoms with Crippen molar-refractivity contribution in [3.8, 4) is 5.75 Å². The van der Waals surface area contributed by atoms with Crippen molar-refractivity contribution >= 4 is 22.5 Å². The van der Waals surface area contributed by atoms with Crippen molar-refractivity contribution in [2.45, 2.75) is 25.3 Å². The number of halogens is 1. The first-order valence-corrected chi connectivity index (χ1v) is 8.36. The van der Waals surface area contributed by atoms with Gasteiger partial charge in [0.1, 0.15) is 5.75 Å². The average molecular weight is 341 g/mol. The van der Waals surface area contributed by atoms with Crippen LogP contribution in [-0.2, 0) is 6.54 Å². The van der Waals surface area contributed by atoms with Crippen LogP contribution in [0.2, 0.25) is 5.02 Å². The van der Waals surface area contributed by atoms with Gasteiger partial charge in [-0.3, -0.25) is 4.57 Å². The van der Waals surface area contributed by atoms with E-state index < -0.39 is 0 Å². The van der Waals surface area contributed by atoms with E-state index in [2.05, 4.69) is 4.98 Å². The summed E-state index contributed by atoms with van der Waals surface area (Å²) in [5.41, 5.74) is 2.60. The van der Waals surface area contributed by atoms with Gasteiger partial charge < -0.3 is 4.74 Å². The second kappa shape index (κ2) is 5.95. The fourth-order valence-electron chi connectivity index (χ4n) is 3.01. The van der Waals surface area contributed by atoms with Crippen LogP contribution in [0.15, 0.2) is 47.3 Å². The van der Waals surface area contributed by atoms with Crippen molar-refractivity contribution in [3.63, 3.8) is 0 Å². The first-order chi connectivity index (χ1) is 11.7. The molecule has 4 rings (SSSR count). The van der Waals surface area contributed by atoms with Gasteiger partial charge in [0.05, 0.1) is 24.9 Å². The van der Waals surface area contributed by atoms with E-state index in [1.54, 1.807) is 11.7 Å². The predicted octanol–water partition coefficient (Wildman–Crippen LogP) is 3.98. The van der Waals surface area contributed by atoms with Crippen LogP contribution in [0.1, 0.15) is 30.0 Å². The number of fused-ring (bicyclic) bond motifs is 1. The van der Waals surface area contributed by atoms with Crippen LogP contribution in [0.5, 0.6) is 5.75 Å². The van der Waals surface area contributed by atoms with E-state index in [4.69, 9.17) is 16.3 Å². The van der Waals surface area contributed by atoms with Gasteiger partial charge in [0, 0.05) is 16.3 Å². The normalized spacial score (nSPS) is 14.1. The first kappa shape index (κ1) is 15.2. The van der Waals surface area contributed by atoms with E-state index in [0.717, 1.165) is 40.8 Å². The van der Waals surface area contributed by atoms with Gasteiger partial charge in [0.2, 0.25) is 0 Å². The van der Waals surface area contributed by atoms with E-state index in [1.807, 2.05) is 42.5 Å². The third-order valence-corrected chi connectivity index (χ3v) is 4.67. The first-order valence-electron chi connectivity index (χ1n) is 7.98. The zero-order valence-electron chi connectivity index (χ0n) is 13.3. The van der Waals surface area contributed by atoms with Gasteiger partial charge >= 0.3 is 5.69 Å². The fraction of sp³-hybridized carbons (Fsp3) is 0.263. The summed E-state index contributed by atoms with van der Waals surface area (Å²) in [7, 11) is 1.64. The third-order valence-electron chi connectivity index (χ3n) is 4.44. The lowest BCUT2D eigenvalue weighted by Gasteiger charge is -2.13. The summed E-state index contributed by atoms with van der Waals surface area (Å²) in [6.07, 6.45) is 2.19. The molecule has 1 heterocycles. The molecule has 1 fully saturated rings. The maximum Gasteiger partial charge on any atom is 0.348 e. The van der Waals surface area contributed by atoms with Gasteiger partial charge in [-0.15, -0.1) is 0 Å². The second-order valence-electron chi connectivity index (χ2n) is 6.15. The van der Waals surface area contributed by atoms with Crippen molar-refractivity contribution in [2.24, 2.45) is 0 Å². The molecule has 24 heavy (non-hydrogen) atoms. The maximum absolute atomic E-state index is 12.6. The van der Waals surface area contributed by atoms with Crippen molar-refractivity contribution in [1.82, 2.24) is 9.55 Å². The Morgan fingerprint density at radius 3 is 2.62 bits per heavy atom. The van der Waals surface area contributed by atoms with Gasteiger partial charge in [-0.2, -0.15) is 4.98 Å². The molecule has 3 aromatic rings. The Morgan fingerprint density at radius 2 is 1.96 bits per heavy atom. The molecule has 122 valence electrons. The predicted molar refractivity (Wildman–Crippen MR) is 95.1 cm³/mol. The molecule has 0 spiro atoms. The Balaban J connectivity index is 1.83. The topological polar surface area (TPSA) is 44.1 Å². The van der Waals surface area contributed by atoms with Crippen LogP contribution in [0.3, 0.4) is 0 Å². The highest BCUT2D eigenvalue weighted by Crippen LogP contribution is 2.41. The quantitative estimate of drug-likeness (QED) is 0.721. The number of aromatic nitrogens is 2. The van der Waals surface area contributed by atoms with Crippen molar-refractivity contribution in [3.05, 3.63) is 69.2 Å². The Bertz CT molecular complexity index is 960. The zero-order chi connectivity index (χ0) is 16.7. The standard InChI is InChI=1S/C19H17ClN2O2/c1-24-15-7-2-12(3-8-15)11-22-17-9-6-14(20)10-16(17)18(13-4-5-13)21-19(22)23/h2-3,6-10,13H,4-5,11H2,1H3. The summed E-state index contributed by atoms with van der Waals surface area (Å²) in [6.45, 7) is 0.471. The highest BCUT2D eigenvalue weighted by molar-refractivity contribution is 6.31. The van der Waals surface area contributed by atoms with Crippen molar-refractivity contribution < 1.29 is 4.74 Å². The molecular weight excluding hydrogens is 324 g/mol. The largest absolute Gasteiger partial charge is 0.497 e. The van der Waals surface area contributed by atoms with Crippen LogP contribution in [-0.4, -0.2) is 16.7 Å². The molecule has 1 aliphatic rings. The molecule has 0 N–H and O–H groups in total. The summed E-state index contributed by atoms with van der Waals surface area (Å²) >= 11 is 6.17. The zero-order valence-corrected chi connectivity index (χ0v) is 14.1. The number of hydrogen-bond donors (Lipinski definition) is 0. The number of methoxy groups -OCH3 is 1. The molecule has 1 aliphatic carbocycles. The third kappa shape index (κ3) is 2.78. The van der Waals surface area contributed by atoms with Crippen LogP contribution >= 0.6 is 11.6 Å². The monoisotopic (exact) mass is 340 g/mol. The molecule has 0 amide bonds. The Hall–Kier alpha value is -2.33. The summed E-state index contributed by atoms with van der Waals surface area (Å²) in [4.78, 5) is 17.0. The Morgan fingerprint density at radius 1 is 1.21 bits per heavy atom. The lowest BCUT2D eigenvalue weighted by Crippen LogP contribution is -2.25. The number of rotatable bonds is 4. The van der Waals surface area contributed by atoms with Crippen LogP contribution in [0.4, 0.5) is 0 Å². The van der Waals surface area contributed by atoms with Crippen molar-refractivity contribution in [1.29, 1.82) is 0 Å². The van der Waals surface area contributed by atoms with E-state index >= 15 is 0 Å². The Kier molecular flexibility index (Phi) is 3.77. The van der Waals surface area contributed by atoms with Gasteiger partial charge in [-0.05, 0) is 48.7 Å². The summed E-state index contributed by atoms with van der Waals surface area (Å²) in [5.74, 6) is 1.19. The van der Waals surface area contributed by atoms with E-state index in [-0.39, 0.29) is 5.69 Å². The minimum atomic E-state index is -0.206. The number of nitrogens with zero attached hydrogens (tertiary/aromatic N) is 2. The molecular formula is C19H17ClN2O2. The van der Waals surface area contributed by atoms with Crippen LogP contribution in [0, 0.1) is 0 Å². The van der Waals surface area contributed by atoms with Gasteiger partial charge in [-0.25, -0.2) is 4.79 Å². The van der Waals surface area contributed by atoms with Crippen molar-refractivity contribution in [2.75, 3.05) is 7.11 Å². The minimum absolute atomic E-state index is 0.206. The van der Waals surface area contributed by atoms with Crippen LogP contribution in [0.25, 0.3) is 10.9 Å². The summed E-state index contributed by atoms with van der Waals surface area (Å²) < 4.78 is 6.89. The van der Waals surface area contributed by atoms with E-state index in [1.165, 1.54) is 0 Å². The molecule has 1 saturated carbocycles. The molecule has 2 aromatic carbocycles. The SMILES string of the molecule is COc1ccc(Cn2c(=O)nc(C3CC3)c3cc(Cl)ccc32)cc1. The molecule has 0 atom stereocenters. The molecule has 0 unspecified atom stereocenters. The number of hydrogen-bond acceptors (Lipinski definition) is 3. The fourth-order valence-corrected chi connectivity index (χ4v) is 3.18. The highest BCUT2D eigenvalue weighted by atomic mass is 35.5. The molecule has 0 saturated heterocycles. The molecule has 0 aliphatic heterocycles. The molecule has 0 radical (unpaired) electrons. The molecule has 1 aromatic heterocycles. The number of benzene rings is 2. The lowest BCUT2D eigenvalue weighted by atomic mass is 10.1. The molecule has 4 nitrogen and oxygen atoms in total. The van der Waals surface area contributed by atoms with Gasteiger partial charge in [-0.1, -0.05) is 23.7 Å². The summed E-state index contributed by atoms with van der Waals surface area (Å²) in [5, 5.41) is 1.65. The minimum Gasteiger partial charge on any atom is -0.497 e. The van der Waals surface area contributed by atoms with Gasteiger partial charge in [0.25, 0.3) is 0 Å². The van der Waals surface area contributed by atoms with Gasteiger partial charge in [0.15, 0.2) is 0 Å². The van der Waals surface area contributed by atoms with Crippen LogP contribution < -0.4 is 10.4 Å². The average Bonchev–Trinajstić information content (AvgIpc) is 3.42. The van der Waals surface area contributed by atoms with E-state index in [9.17, 15) is 4.79 Å². The summed E-state index contributed by atoms with van der Waals surface area (Å²) in [6, 6.07) is 13.4. The maximum atomic E-state index is 12.6. The van der Waals surface area contributed by atoms with E-state index in [0.29, 0.717) is 17.5 Å².